The first kappa shape index (κ1) is 18.0. The van der Waals surface area contributed by atoms with Crippen LogP contribution in [0.3, 0.4) is 0 Å². The molecule has 4 nitrogen and oxygen atoms in total. The van der Waals surface area contributed by atoms with Crippen LogP contribution in [0.15, 0.2) is 42.6 Å². The van der Waals surface area contributed by atoms with Gasteiger partial charge in [-0.15, -0.1) is 0 Å². The van der Waals surface area contributed by atoms with E-state index >= 15 is 0 Å². The van der Waals surface area contributed by atoms with Crippen LogP contribution < -0.4 is 10.2 Å². The van der Waals surface area contributed by atoms with Gasteiger partial charge in [-0.3, -0.25) is 4.79 Å². The smallest absolute Gasteiger partial charge is 0.251 e. The highest BCUT2D eigenvalue weighted by molar-refractivity contribution is 5.94. The van der Waals surface area contributed by atoms with Crippen LogP contribution in [0, 0.1) is 6.92 Å². The van der Waals surface area contributed by atoms with Crippen molar-refractivity contribution in [2.45, 2.75) is 40.2 Å². The normalized spacial score (nSPS) is 10.5. The second kappa shape index (κ2) is 9.06. The lowest BCUT2D eigenvalue weighted by Gasteiger charge is -2.22. The van der Waals surface area contributed by atoms with Crippen molar-refractivity contribution in [2.24, 2.45) is 0 Å². The van der Waals surface area contributed by atoms with Crippen LogP contribution >= 0.6 is 0 Å². The van der Waals surface area contributed by atoms with Crippen molar-refractivity contribution in [2.75, 3.05) is 18.0 Å². The van der Waals surface area contributed by atoms with E-state index in [-0.39, 0.29) is 5.91 Å². The Hall–Kier alpha value is -2.36. The number of amides is 1. The molecular weight excluding hydrogens is 298 g/mol. The number of carbonyl (C=O) groups is 1. The molecule has 0 unspecified atom stereocenters. The first-order chi connectivity index (χ1) is 11.6. The third kappa shape index (κ3) is 5.08. The van der Waals surface area contributed by atoms with E-state index in [0.717, 1.165) is 37.3 Å². The number of aromatic nitrogens is 1. The molecule has 1 aromatic heterocycles. The summed E-state index contributed by atoms with van der Waals surface area (Å²) in [6.45, 7) is 8.80. The molecule has 1 amide bonds. The predicted octanol–water partition coefficient (Wildman–Crippen LogP) is 3.95. The van der Waals surface area contributed by atoms with Gasteiger partial charge in [-0.1, -0.05) is 43.7 Å². The Morgan fingerprint density at radius 3 is 2.38 bits per heavy atom. The Morgan fingerprint density at radius 2 is 1.75 bits per heavy atom. The maximum Gasteiger partial charge on any atom is 0.251 e. The molecule has 0 saturated carbocycles. The number of nitrogens with zero attached hydrogens (tertiary/aromatic N) is 2. The standard InChI is InChI=1S/C20H27N3O/c1-4-12-23(13-5-2)19-14-18(10-11-21-19)20(24)22-15-17-8-6-16(3)7-9-17/h6-11,14H,4-5,12-13,15H2,1-3H3,(H,22,24). The molecule has 0 atom stereocenters. The Kier molecular flexibility index (Phi) is 6.79. The Morgan fingerprint density at radius 1 is 1.08 bits per heavy atom. The SMILES string of the molecule is CCCN(CCC)c1cc(C(=O)NCc2ccc(C)cc2)ccn1. The van der Waals surface area contributed by atoms with Crippen LogP contribution in [0.2, 0.25) is 0 Å². The topological polar surface area (TPSA) is 45.2 Å². The fraction of sp³-hybridized carbons (Fsp3) is 0.400. The van der Waals surface area contributed by atoms with Crippen LogP contribution in [0.5, 0.6) is 0 Å². The van der Waals surface area contributed by atoms with Crippen LogP contribution in [-0.2, 0) is 6.54 Å². The number of nitrogens with one attached hydrogen (secondary N) is 1. The molecule has 0 aliphatic rings. The van der Waals surface area contributed by atoms with Gasteiger partial charge >= 0.3 is 0 Å². The zero-order valence-electron chi connectivity index (χ0n) is 14.9. The molecule has 1 N–H and O–H groups in total. The van der Waals surface area contributed by atoms with E-state index in [0.29, 0.717) is 12.1 Å². The van der Waals surface area contributed by atoms with Crippen LogP contribution in [0.4, 0.5) is 5.82 Å². The minimum absolute atomic E-state index is 0.0628. The summed E-state index contributed by atoms with van der Waals surface area (Å²) < 4.78 is 0. The van der Waals surface area contributed by atoms with Gasteiger partial charge in [-0.2, -0.15) is 0 Å². The highest BCUT2D eigenvalue weighted by atomic mass is 16.1. The molecule has 0 saturated heterocycles. The molecule has 0 spiro atoms. The first-order valence-electron chi connectivity index (χ1n) is 8.68. The van der Waals surface area contributed by atoms with E-state index in [1.165, 1.54) is 5.56 Å². The Bertz CT molecular complexity index is 646. The average molecular weight is 325 g/mol. The summed E-state index contributed by atoms with van der Waals surface area (Å²) in [4.78, 5) is 19.1. The van der Waals surface area contributed by atoms with Crippen molar-refractivity contribution in [3.63, 3.8) is 0 Å². The molecule has 4 heteroatoms. The second-order valence-corrected chi connectivity index (χ2v) is 6.06. The van der Waals surface area contributed by atoms with Crippen LogP contribution in [-0.4, -0.2) is 24.0 Å². The molecule has 128 valence electrons. The van der Waals surface area contributed by atoms with Crippen molar-refractivity contribution in [1.82, 2.24) is 10.3 Å². The Labute approximate surface area is 144 Å². The van der Waals surface area contributed by atoms with Gasteiger partial charge in [-0.25, -0.2) is 4.98 Å². The van der Waals surface area contributed by atoms with Crippen LogP contribution in [0.25, 0.3) is 0 Å². The lowest BCUT2D eigenvalue weighted by molar-refractivity contribution is 0.0951. The fourth-order valence-electron chi connectivity index (χ4n) is 2.60. The molecular formula is C20H27N3O. The number of hydrogen-bond acceptors (Lipinski definition) is 3. The minimum Gasteiger partial charge on any atom is -0.357 e. The number of pyridine rings is 1. The van der Waals surface area contributed by atoms with Gasteiger partial charge < -0.3 is 10.2 Å². The molecule has 1 aromatic carbocycles. The molecule has 2 rings (SSSR count). The summed E-state index contributed by atoms with van der Waals surface area (Å²) in [5.41, 5.74) is 2.97. The van der Waals surface area contributed by atoms with Gasteiger partial charge in [0.25, 0.3) is 5.91 Å². The summed E-state index contributed by atoms with van der Waals surface area (Å²) in [6, 6.07) is 11.8. The third-order valence-electron chi connectivity index (χ3n) is 3.89. The molecule has 0 fully saturated rings. The molecule has 0 aliphatic carbocycles. The summed E-state index contributed by atoms with van der Waals surface area (Å²) in [5.74, 6) is 0.814. The first-order valence-corrected chi connectivity index (χ1v) is 8.68. The molecule has 0 bridgehead atoms. The summed E-state index contributed by atoms with van der Waals surface area (Å²) in [6.07, 6.45) is 3.84. The number of carbonyl (C=O) groups excluding carboxylic acids is 1. The second-order valence-electron chi connectivity index (χ2n) is 6.06. The molecule has 0 aliphatic heterocycles. The van der Waals surface area contributed by atoms with E-state index in [1.54, 1.807) is 12.3 Å². The van der Waals surface area contributed by atoms with Crippen LogP contribution in [0.1, 0.15) is 48.2 Å². The lowest BCUT2D eigenvalue weighted by Crippen LogP contribution is -2.27. The molecule has 0 radical (unpaired) electrons. The number of benzene rings is 1. The van der Waals surface area contributed by atoms with Gasteiger partial charge in [0.15, 0.2) is 0 Å². The summed E-state index contributed by atoms with van der Waals surface area (Å²) >= 11 is 0. The van der Waals surface area contributed by atoms with E-state index in [9.17, 15) is 4.79 Å². The van der Waals surface area contributed by atoms with E-state index in [2.05, 4.69) is 48.1 Å². The molecule has 1 heterocycles. The minimum atomic E-state index is -0.0628. The monoisotopic (exact) mass is 325 g/mol. The average Bonchev–Trinajstić information content (AvgIpc) is 2.61. The number of hydrogen-bond donors (Lipinski definition) is 1. The van der Waals surface area contributed by atoms with Gasteiger partial charge in [-0.05, 0) is 37.5 Å². The number of rotatable bonds is 8. The van der Waals surface area contributed by atoms with Crippen molar-refractivity contribution in [1.29, 1.82) is 0 Å². The van der Waals surface area contributed by atoms with E-state index in [1.807, 2.05) is 18.2 Å². The maximum absolute atomic E-state index is 12.4. The molecule has 2 aromatic rings. The number of anilines is 1. The highest BCUT2D eigenvalue weighted by Crippen LogP contribution is 2.14. The summed E-state index contributed by atoms with van der Waals surface area (Å²) in [5, 5.41) is 2.98. The molecule has 24 heavy (non-hydrogen) atoms. The van der Waals surface area contributed by atoms with Crippen molar-refractivity contribution >= 4 is 11.7 Å². The predicted molar refractivity (Wildman–Crippen MR) is 99.4 cm³/mol. The maximum atomic E-state index is 12.4. The van der Waals surface area contributed by atoms with Crippen molar-refractivity contribution < 1.29 is 4.79 Å². The van der Waals surface area contributed by atoms with Gasteiger partial charge in [0.2, 0.25) is 0 Å². The van der Waals surface area contributed by atoms with Gasteiger partial charge in [0.1, 0.15) is 5.82 Å². The van der Waals surface area contributed by atoms with Crippen molar-refractivity contribution in [3.05, 3.63) is 59.3 Å². The van der Waals surface area contributed by atoms with Gasteiger partial charge in [0, 0.05) is 31.4 Å². The third-order valence-corrected chi connectivity index (χ3v) is 3.89. The lowest BCUT2D eigenvalue weighted by atomic mass is 10.1. The number of aryl methyl sites for hydroxylation is 1. The quantitative estimate of drug-likeness (QED) is 0.799. The zero-order valence-corrected chi connectivity index (χ0v) is 14.9. The highest BCUT2D eigenvalue weighted by Gasteiger charge is 2.10. The largest absolute Gasteiger partial charge is 0.357 e. The van der Waals surface area contributed by atoms with Crippen molar-refractivity contribution in [3.8, 4) is 0 Å². The van der Waals surface area contributed by atoms with E-state index < -0.39 is 0 Å². The van der Waals surface area contributed by atoms with E-state index in [4.69, 9.17) is 0 Å². The zero-order chi connectivity index (χ0) is 17.4. The summed E-state index contributed by atoms with van der Waals surface area (Å²) in [7, 11) is 0. The fourth-order valence-corrected chi connectivity index (χ4v) is 2.60. The Balaban J connectivity index is 2.03. The van der Waals surface area contributed by atoms with Gasteiger partial charge in [0.05, 0.1) is 0 Å².